The van der Waals surface area contributed by atoms with Crippen LogP contribution in [0.2, 0.25) is 0 Å². The molecule has 160 valence electrons. The van der Waals surface area contributed by atoms with Crippen LogP contribution in [0.4, 0.5) is 11.5 Å². The van der Waals surface area contributed by atoms with E-state index in [1.807, 2.05) is 29.1 Å². The van der Waals surface area contributed by atoms with Crippen molar-refractivity contribution in [2.75, 3.05) is 29.9 Å². The summed E-state index contributed by atoms with van der Waals surface area (Å²) in [7, 11) is -3.65. The molecule has 31 heavy (non-hydrogen) atoms. The third-order valence-corrected chi connectivity index (χ3v) is 7.02. The third kappa shape index (κ3) is 3.79. The smallest absolute Gasteiger partial charge is 0.240 e. The number of nitrogens with one attached hydrogen (secondary N) is 2. The number of hydrogen-bond donors (Lipinski definition) is 2. The van der Waals surface area contributed by atoms with Gasteiger partial charge >= 0.3 is 0 Å². The number of sulfonamides is 1. The lowest BCUT2D eigenvalue weighted by molar-refractivity contribution is -0.118. The SMILES string of the molecule is O=C1CCc2cc(S(=O)(=O)NCCNc3cc(-n4cccc4)ncn3)cc3c2N1CC3. The molecule has 5 rings (SSSR count). The molecule has 2 aliphatic rings. The second-order valence-corrected chi connectivity index (χ2v) is 9.33. The summed E-state index contributed by atoms with van der Waals surface area (Å²) in [6, 6.07) is 9.01. The van der Waals surface area contributed by atoms with Crippen molar-refractivity contribution in [3.8, 4) is 5.82 Å². The van der Waals surface area contributed by atoms with Gasteiger partial charge in [0.05, 0.1) is 10.6 Å². The first-order valence-electron chi connectivity index (χ1n) is 10.2. The maximum Gasteiger partial charge on any atom is 0.240 e. The highest BCUT2D eigenvalue weighted by molar-refractivity contribution is 7.89. The number of benzene rings is 1. The fraction of sp³-hybridized carbons (Fsp3) is 0.286. The molecule has 10 heteroatoms. The molecule has 0 aliphatic carbocycles. The van der Waals surface area contributed by atoms with E-state index < -0.39 is 10.0 Å². The van der Waals surface area contributed by atoms with E-state index in [1.165, 1.54) is 6.33 Å². The summed E-state index contributed by atoms with van der Waals surface area (Å²) in [5.74, 6) is 1.46. The van der Waals surface area contributed by atoms with Crippen molar-refractivity contribution in [2.45, 2.75) is 24.2 Å². The summed E-state index contributed by atoms with van der Waals surface area (Å²) < 4.78 is 30.2. The van der Waals surface area contributed by atoms with Crippen LogP contribution in [0.1, 0.15) is 17.5 Å². The Morgan fingerprint density at radius 1 is 0.968 bits per heavy atom. The average Bonchev–Trinajstić information content (AvgIpc) is 3.45. The molecule has 0 spiro atoms. The number of hydrogen-bond acceptors (Lipinski definition) is 6. The standard InChI is InChI=1S/C21H22N6O3S/c28-20-4-3-15-11-17(12-16-5-10-27(20)21(15)16)31(29,30)25-7-6-22-18-13-19(24-14-23-18)26-8-1-2-9-26/h1-2,8-9,11-14,25H,3-7,10H2,(H,22,23,24). The summed E-state index contributed by atoms with van der Waals surface area (Å²) in [4.78, 5) is 22.5. The van der Waals surface area contributed by atoms with Crippen LogP contribution in [0.3, 0.4) is 0 Å². The number of rotatable bonds is 7. The van der Waals surface area contributed by atoms with Crippen molar-refractivity contribution in [2.24, 2.45) is 0 Å². The number of aryl methyl sites for hydroxylation is 1. The Balaban J connectivity index is 1.24. The number of nitrogens with zero attached hydrogens (tertiary/aromatic N) is 4. The summed E-state index contributed by atoms with van der Waals surface area (Å²) >= 11 is 0. The molecule has 1 aromatic carbocycles. The molecule has 3 aromatic rings. The zero-order valence-electron chi connectivity index (χ0n) is 16.8. The van der Waals surface area contributed by atoms with Crippen molar-refractivity contribution < 1.29 is 13.2 Å². The fourth-order valence-electron chi connectivity index (χ4n) is 4.11. The van der Waals surface area contributed by atoms with Crippen molar-refractivity contribution in [1.29, 1.82) is 0 Å². The molecule has 0 saturated heterocycles. The molecule has 4 heterocycles. The predicted octanol–water partition coefficient (Wildman–Crippen LogP) is 1.49. The van der Waals surface area contributed by atoms with Gasteiger partial charge in [-0.15, -0.1) is 0 Å². The maximum atomic E-state index is 12.8. The van der Waals surface area contributed by atoms with Crippen molar-refractivity contribution in [3.63, 3.8) is 0 Å². The lowest BCUT2D eigenvalue weighted by Gasteiger charge is -2.25. The maximum absolute atomic E-state index is 12.8. The van der Waals surface area contributed by atoms with Crippen LogP contribution in [0.25, 0.3) is 5.82 Å². The van der Waals surface area contributed by atoms with E-state index >= 15 is 0 Å². The second-order valence-electron chi connectivity index (χ2n) is 7.56. The number of carbonyl (C=O) groups is 1. The highest BCUT2D eigenvalue weighted by Crippen LogP contribution is 2.38. The number of aromatic nitrogens is 3. The van der Waals surface area contributed by atoms with Crippen molar-refractivity contribution >= 4 is 27.4 Å². The molecule has 1 amide bonds. The minimum atomic E-state index is -3.65. The molecular formula is C21H22N6O3S. The Morgan fingerprint density at radius 2 is 1.74 bits per heavy atom. The highest BCUT2D eigenvalue weighted by Gasteiger charge is 2.32. The minimum Gasteiger partial charge on any atom is -0.369 e. The molecule has 0 atom stereocenters. The van der Waals surface area contributed by atoms with Gasteiger partial charge in [-0.2, -0.15) is 0 Å². The molecule has 2 N–H and O–H groups in total. The Kier molecular flexibility index (Phi) is 4.95. The molecule has 9 nitrogen and oxygen atoms in total. The van der Waals surface area contributed by atoms with E-state index in [0.29, 0.717) is 38.2 Å². The van der Waals surface area contributed by atoms with Crippen molar-refractivity contribution in [3.05, 3.63) is 60.2 Å². The summed E-state index contributed by atoms with van der Waals surface area (Å²) in [5.41, 5.74) is 2.79. The zero-order valence-corrected chi connectivity index (χ0v) is 17.6. The summed E-state index contributed by atoms with van der Waals surface area (Å²) in [6.07, 6.45) is 6.94. The van der Waals surface area contributed by atoms with Gasteiger partial charge in [-0.3, -0.25) is 4.79 Å². The van der Waals surface area contributed by atoms with Gasteiger partial charge in [0.25, 0.3) is 0 Å². The van der Waals surface area contributed by atoms with Gasteiger partial charge in [0, 0.05) is 44.5 Å². The van der Waals surface area contributed by atoms with Gasteiger partial charge in [-0.1, -0.05) is 0 Å². The molecule has 0 fully saturated rings. The van der Waals surface area contributed by atoms with Crippen LogP contribution < -0.4 is 14.9 Å². The molecule has 0 radical (unpaired) electrons. The summed E-state index contributed by atoms with van der Waals surface area (Å²) in [5, 5.41) is 3.12. The van der Waals surface area contributed by atoms with Gasteiger partial charge in [0.15, 0.2) is 0 Å². The second kappa shape index (κ2) is 7.78. The molecule has 0 saturated carbocycles. The Bertz CT molecular complexity index is 1240. The first kappa shape index (κ1) is 19.7. The highest BCUT2D eigenvalue weighted by atomic mass is 32.2. The van der Waals surface area contributed by atoms with E-state index in [-0.39, 0.29) is 17.3 Å². The van der Waals surface area contributed by atoms with Crippen LogP contribution >= 0.6 is 0 Å². The molecular weight excluding hydrogens is 416 g/mol. The van der Waals surface area contributed by atoms with Crippen LogP contribution in [-0.4, -0.2) is 48.5 Å². The number of anilines is 2. The largest absolute Gasteiger partial charge is 0.369 e. The van der Waals surface area contributed by atoms with E-state index in [1.54, 1.807) is 23.1 Å². The average molecular weight is 439 g/mol. The van der Waals surface area contributed by atoms with Gasteiger partial charge in [-0.05, 0) is 48.2 Å². The first-order chi connectivity index (χ1) is 15.0. The molecule has 2 aliphatic heterocycles. The van der Waals surface area contributed by atoms with Gasteiger partial charge in [0.1, 0.15) is 18.0 Å². The molecule has 0 unspecified atom stereocenters. The molecule has 2 aromatic heterocycles. The van der Waals surface area contributed by atoms with Crippen LogP contribution in [0, 0.1) is 0 Å². The molecule has 0 bridgehead atoms. The Labute approximate surface area is 180 Å². The van der Waals surface area contributed by atoms with Gasteiger partial charge in [-0.25, -0.2) is 23.1 Å². The van der Waals surface area contributed by atoms with E-state index in [0.717, 1.165) is 22.6 Å². The van der Waals surface area contributed by atoms with Crippen LogP contribution in [0.15, 0.2) is 53.9 Å². The van der Waals surface area contributed by atoms with Crippen LogP contribution in [0.5, 0.6) is 0 Å². The van der Waals surface area contributed by atoms with E-state index in [4.69, 9.17) is 0 Å². The monoisotopic (exact) mass is 438 g/mol. The lowest BCUT2D eigenvalue weighted by Crippen LogP contribution is -2.33. The van der Waals surface area contributed by atoms with Gasteiger partial charge < -0.3 is 14.8 Å². The number of carbonyl (C=O) groups excluding carboxylic acids is 1. The lowest BCUT2D eigenvalue weighted by atomic mass is 10.00. The first-order valence-corrected chi connectivity index (χ1v) is 11.6. The minimum absolute atomic E-state index is 0.121. The quantitative estimate of drug-likeness (QED) is 0.541. The van der Waals surface area contributed by atoms with Crippen molar-refractivity contribution in [1.82, 2.24) is 19.3 Å². The van der Waals surface area contributed by atoms with E-state index in [2.05, 4.69) is 20.0 Å². The van der Waals surface area contributed by atoms with E-state index in [9.17, 15) is 13.2 Å². The topological polar surface area (TPSA) is 109 Å². The number of amides is 1. The zero-order chi connectivity index (χ0) is 21.4. The predicted molar refractivity (Wildman–Crippen MR) is 116 cm³/mol. The normalized spacial score (nSPS) is 15.2. The Hall–Kier alpha value is -3.24. The van der Waals surface area contributed by atoms with Gasteiger partial charge in [0.2, 0.25) is 15.9 Å². The summed E-state index contributed by atoms with van der Waals surface area (Å²) in [6.45, 7) is 1.22. The fourth-order valence-corrected chi connectivity index (χ4v) is 5.24. The Morgan fingerprint density at radius 3 is 2.55 bits per heavy atom. The third-order valence-electron chi connectivity index (χ3n) is 5.58. The van der Waals surface area contributed by atoms with Crippen LogP contribution in [-0.2, 0) is 27.7 Å².